The van der Waals surface area contributed by atoms with Gasteiger partial charge in [-0.05, 0) is 5.56 Å². The van der Waals surface area contributed by atoms with Gasteiger partial charge in [0.05, 0.1) is 18.9 Å². The number of nitrogens with one attached hydrogen (secondary N) is 1. The lowest BCUT2D eigenvalue weighted by molar-refractivity contribution is 0.0564. The third-order valence-electron chi connectivity index (χ3n) is 3.48. The molecule has 21 heavy (non-hydrogen) atoms. The zero-order valence-corrected chi connectivity index (χ0v) is 12.0. The lowest BCUT2D eigenvalue weighted by Gasteiger charge is -2.26. The minimum absolute atomic E-state index is 0.129. The number of amides is 2. The van der Waals surface area contributed by atoms with Gasteiger partial charge in [-0.1, -0.05) is 30.3 Å². The zero-order valence-electron chi connectivity index (χ0n) is 12.0. The van der Waals surface area contributed by atoms with E-state index in [1.807, 2.05) is 43.4 Å². The number of morpholine rings is 1. The molecule has 1 fully saturated rings. The lowest BCUT2D eigenvalue weighted by Crippen LogP contribution is -2.43. The maximum atomic E-state index is 12.1. The van der Waals surface area contributed by atoms with Crippen LogP contribution in [-0.4, -0.2) is 47.0 Å². The molecular formula is C15H18N4O2. The van der Waals surface area contributed by atoms with Crippen LogP contribution in [-0.2, 0) is 11.8 Å². The smallest absolute Gasteiger partial charge is 0.323 e. The monoisotopic (exact) mass is 286 g/mol. The van der Waals surface area contributed by atoms with Crippen LogP contribution in [0.1, 0.15) is 0 Å². The highest BCUT2D eigenvalue weighted by molar-refractivity contribution is 5.89. The average molecular weight is 286 g/mol. The Morgan fingerprint density at radius 1 is 1.24 bits per heavy atom. The van der Waals surface area contributed by atoms with Crippen molar-refractivity contribution < 1.29 is 9.53 Å². The van der Waals surface area contributed by atoms with Crippen LogP contribution in [0.25, 0.3) is 11.3 Å². The van der Waals surface area contributed by atoms with Gasteiger partial charge in [0.2, 0.25) is 0 Å². The Morgan fingerprint density at radius 3 is 2.67 bits per heavy atom. The first-order valence-corrected chi connectivity index (χ1v) is 6.97. The minimum Gasteiger partial charge on any atom is -0.378 e. The van der Waals surface area contributed by atoms with Crippen molar-refractivity contribution in [1.29, 1.82) is 0 Å². The van der Waals surface area contributed by atoms with Crippen molar-refractivity contribution >= 4 is 11.8 Å². The number of carbonyl (C=O) groups is 1. The molecule has 1 N–H and O–H groups in total. The quantitative estimate of drug-likeness (QED) is 0.918. The normalized spacial score (nSPS) is 15.0. The van der Waals surface area contributed by atoms with Gasteiger partial charge in [0, 0.05) is 26.2 Å². The third-order valence-corrected chi connectivity index (χ3v) is 3.48. The maximum Gasteiger partial charge on any atom is 0.323 e. The molecule has 0 unspecified atom stereocenters. The number of aromatic nitrogens is 2. The van der Waals surface area contributed by atoms with Crippen molar-refractivity contribution in [2.45, 2.75) is 0 Å². The second-order valence-corrected chi connectivity index (χ2v) is 4.93. The SMILES string of the molecule is Cn1nc(NC(=O)N2CCOCC2)cc1-c1ccccc1. The molecule has 110 valence electrons. The highest BCUT2D eigenvalue weighted by Gasteiger charge is 2.18. The Bertz CT molecular complexity index is 618. The summed E-state index contributed by atoms with van der Waals surface area (Å²) in [5.41, 5.74) is 2.03. The number of ether oxygens (including phenoxy) is 1. The van der Waals surface area contributed by atoms with Crippen molar-refractivity contribution in [3.05, 3.63) is 36.4 Å². The van der Waals surface area contributed by atoms with Crippen LogP contribution in [0.3, 0.4) is 0 Å². The van der Waals surface area contributed by atoms with E-state index in [1.54, 1.807) is 9.58 Å². The standard InChI is InChI=1S/C15H18N4O2/c1-18-13(12-5-3-2-4-6-12)11-14(17-18)16-15(20)19-7-9-21-10-8-19/h2-6,11H,7-10H2,1H3,(H,16,17,20). The highest BCUT2D eigenvalue weighted by Crippen LogP contribution is 2.21. The van der Waals surface area contributed by atoms with Crippen molar-refractivity contribution in [3.63, 3.8) is 0 Å². The van der Waals surface area contributed by atoms with E-state index in [9.17, 15) is 4.79 Å². The summed E-state index contributed by atoms with van der Waals surface area (Å²) in [5, 5.41) is 7.19. The van der Waals surface area contributed by atoms with Crippen LogP contribution < -0.4 is 5.32 Å². The summed E-state index contributed by atoms with van der Waals surface area (Å²) in [6.07, 6.45) is 0. The fourth-order valence-corrected chi connectivity index (χ4v) is 2.36. The summed E-state index contributed by atoms with van der Waals surface area (Å²) in [7, 11) is 1.87. The molecule has 3 rings (SSSR count). The summed E-state index contributed by atoms with van der Waals surface area (Å²) in [4.78, 5) is 13.9. The molecule has 6 heteroatoms. The molecule has 0 radical (unpaired) electrons. The molecule has 1 aliphatic rings. The molecule has 2 amide bonds. The Balaban J connectivity index is 1.73. The Hall–Kier alpha value is -2.34. The zero-order chi connectivity index (χ0) is 14.7. The number of anilines is 1. The largest absolute Gasteiger partial charge is 0.378 e. The highest BCUT2D eigenvalue weighted by atomic mass is 16.5. The van der Waals surface area contributed by atoms with Crippen molar-refractivity contribution in [3.8, 4) is 11.3 Å². The van der Waals surface area contributed by atoms with Crippen LogP contribution >= 0.6 is 0 Å². The van der Waals surface area contributed by atoms with Crippen LogP contribution in [0.4, 0.5) is 10.6 Å². The predicted molar refractivity (Wildman–Crippen MR) is 80.1 cm³/mol. The molecule has 1 aromatic heterocycles. The van der Waals surface area contributed by atoms with E-state index in [0.29, 0.717) is 32.1 Å². The Kier molecular flexibility index (Phi) is 3.87. The predicted octanol–water partition coefficient (Wildman–Crippen LogP) is 1.95. The van der Waals surface area contributed by atoms with Gasteiger partial charge in [0.15, 0.2) is 5.82 Å². The second kappa shape index (κ2) is 5.97. The molecule has 1 aliphatic heterocycles. The van der Waals surface area contributed by atoms with Gasteiger partial charge >= 0.3 is 6.03 Å². The lowest BCUT2D eigenvalue weighted by atomic mass is 10.1. The van der Waals surface area contributed by atoms with E-state index >= 15 is 0 Å². The average Bonchev–Trinajstić information content (AvgIpc) is 2.89. The first kappa shape index (κ1) is 13.6. The molecule has 0 spiro atoms. The molecule has 0 atom stereocenters. The fraction of sp³-hybridized carbons (Fsp3) is 0.333. The molecule has 0 bridgehead atoms. The topological polar surface area (TPSA) is 59.4 Å². The summed E-state index contributed by atoms with van der Waals surface area (Å²) in [6.45, 7) is 2.41. The van der Waals surface area contributed by atoms with E-state index in [1.165, 1.54) is 0 Å². The molecule has 0 aliphatic carbocycles. The van der Waals surface area contributed by atoms with E-state index in [0.717, 1.165) is 11.3 Å². The van der Waals surface area contributed by atoms with Crippen LogP contribution in [0, 0.1) is 0 Å². The molecule has 2 aromatic rings. The minimum atomic E-state index is -0.129. The molecule has 2 heterocycles. The molecular weight excluding hydrogens is 268 g/mol. The summed E-state index contributed by atoms with van der Waals surface area (Å²) >= 11 is 0. The number of carbonyl (C=O) groups excluding carboxylic acids is 1. The van der Waals surface area contributed by atoms with Crippen LogP contribution in [0.15, 0.2) is 36.4 Å². The first-order chi connectivity index (χ1) is 10.2. The van der Waals surface area contributed by atoms with Crippen molar-refractivity contribution in [2.75, 3.05) is 31.6 Å². The number of nitrogens with zero attached hydrogens (tertiary/aromatic N) is 3. The summed E-state index contributed by atoms with van der Waals surface area (Å²) < 4.78 is 7.01. The van der Waals surface area contributed by atoms with Crippen LogP contribution in [0.2, 0.25) is 0 Å². The summed E-state index contributed by atoms with van der Waals surface area (Å²) in [5.74, 6) is 0.563. The fourth-order valence-electron chi connectivity index (χ4n) is 2.36. The maximum absolute atomic E-state index is 12.1. The number of aryl methyl sites for hydroxylation is 1. The number of urea groups is 1. The number of rotatable bonds is 2. The van der Waals surface area contributed by atoms with Crippen LogP contribution in [0.5, 0.6) is 0 Å². The van der Waals surface area contributed by atoms with Gasteiger partial charge in [-0.15, -0.1) is 0 Å². The van der Waals surface area contributed by atoms with Gasteiger partial charge in [-0.2, -0.15) is 5.10 Å². The van der Waals surface area contributed by atoms with E-state index in [4.69, 9.17) is 4.74 Å². The second-order valence-electron chi connectivity index (χ2n) is 4.93. The van der Waals surface area contributed by atoms with E-state index in [-0.39, 0.29) is 6.03 Å². The molecule has 0 saturated carbocycles. The summed E-state index contributed by atoms with van der Waals surface area (Å²) in [6, 6.07) is 11.7. The number of benzene rings is 1. The van der Waals surface area contributed by atoms with Crippen molar-refractivity contribution in [2.24, 2.45) is 7.05 Å². The Morgan fingerprint density at radius 2 is 1.95 bits per heavy atom. The van der Waals surface area contributed by atoms with Gasteiger partial charge < -0.3 is 9.64 Å². The number of hydrogen-bond donors (Lipinski definition) is 1. The third kappa shape index (κ3) is 3.05. The Labute approximate surface area is 123 Å². The van der Waals surface area contributed by atoms with E-state index < -0.39 is 0 Å². The van der Waals surface area contributed by atoms with Gasteiger partial charge in [-0.25, -0.2) is 4.79 Å². The molecule has 1 aromatic carbocycles. The van der Waals surface area contributed by atoms with E-state index in [2.05, 4.69) is 10.4 Å². The number of hydrogen-bond acceptors (Lipinski definition) is 3. The van der Waals surface area contributed by atoms with Crippen molar-refractivity contribution in [1.82, 2.24) is 14.7 Å². The first-order valence-electron chi connectivity index (χ1n) is 6.97. The van der Waals surface area contributed by atoms with Gasteiger partial charge in [0.1, 0.15) is 0 Å². The molecule has 1 saturated heterocycles. The molecule has 6 nitrogen and oxygen atoms in total. The van der Waals surface area contributed by atoms with Gasteiger partial charge in [-0.3, -0.25) is 10.00 Å². The van der Waals surface area contributed by atoms with Gasteiger partial charge in [0.25, 0.3) is 0 Å².